The fraction of sp³-hybridized carbons (Fsp3) is 0.333. The number of amides is 1. The number of nitro groups is 1. The number of nitrogens with one attached hydrogen (secondary N) is 1. The van der Waals surface area contributed by atoms with E-state index in [9.17, 15) is 19.7 Å². The molecule has 3 aromatic rings. The van der Waals surface area contributed by atoms with Crippen molar-refractivity contribution in [2.45, 2.75) is 51.6 Å². The molecule has 0 bridgehead atoms. The van der Waals surface area contributed by atoms with Crippen molar-refractivity contribution in [2.75, 3.05) is 0 Å². The molecule has 1 saturated carbocycles. The first-order valence-electron chi connectivity index (χ1n) is 10.6. The summed E-state index contributed by atoms with van der Waals surface area (Å²) in [5.74, 6) is -0.204. The van der Waals surface area contributed by atoms with E-state index in [0.717, 1.165) is 48.6 Å². The van der Waals surface area contributed by atoms with Crippen LogP contribution in [0.25, 0.3) is 10.9 Å². The number of non-ortho nitro benzene ring substituents is 1. The number of hydrogen-bond donors (Lipinski definition) is 1. The summed E-state index contributed by atoms with van der Waals surface area (Å²) in [4.78, 5) is 41.3. The Morgan fingerprint density at radius 2 is 1.81 bits per heavy atom. The molecular weight excluding hydrogens is 394 g/mol. The van der Waals surface area contributed by atoms with Gasteiger partial charge < -0.3 is 9.88 Å². The van der Waals surface area contributed by atoms with Crippen molar-refractivity contribution in [1.29, 1.82) is 0 Å². The molecule has 4 rings (SSSR count). The summed E-state index contributed by atoms with van der Waals surface area (Å²) in [7, 11) is 0. The Hall–Kier alpha value is -3.48. The lowest BCUT2D eigenvalue weighted by molar-refractivity contribution is -0.384. The van der Waals surface area contributed by atoms with Crippen LogP contribution in [-0.4, -0.2) is 26.8 Å². The van der Waals surface area contributed by atoms with Crippen LogP contribution >= 0.6 is 0 Å². The molecule has 7 heteroatoms. The van der Waals surface area contributed by atoms with Crippen molar-refractivity contribution in [3.63, 3.8) is 0 Å². The van der Waals surface area contributed by atoms with E-state index in [1.165, 1.54) is 24.3 Å². The number of nitro benzene ring substituents is 1. The highest BCUT2D eigenvalue weighted by molar-refractivity contribution is 5.94. The number of aryl methyl sites for hydroxylation is 1. The molecule has 0 saturated heterocycles. The van der Waals surface area contributed by atoms with E-state index in [1.807, 2.05) is 31.2 Å². The number of hydrogen-bond acceptors (Lipinski definition) is 4. The van der Waals surface area contributed by atoms with Crippen LogP contribution in [0.5, 0.6) is 0 Å². The SMILES string of the molecule is Cc1ccc2cc(CN(C(=O)c3ccc([N+](=O)[O-])cc3)C3CCCCC3)c(=O)[nH]c2c1. The van der Waals surface area contributed by atoms with Gasteiger partial charge in [0, 0.05) is 34.8 Å². The number of carbonyl (C=O) groups is 1. The third-order valence-corrected chi connectivity index (χ3v) is 6.02. The molecule has 0 atom stereocenters. The van der Waals surface area contributed by atoms with Gasteiger partial charge in [0.2, 0.25) is 0 Å². The molecule has 0 radical (unpaired) electrons. The summed E-state index contributed by atoms with van der Waals surface area (Å²) in [5.41, 5.74) is 2.52. The van der Waals surface area contributed by atoms with E-state index in [-0.39, 0.29) is 29.7 Å². The number of aromatic amines is 1. The predicted octanol–water partition coefficient (Wildman–Crippen LogP) is 4.72. The first-order chi connectivity index (χ1) is 14.9. The maximum absolute atomic E-state index is 13.4. The summed E-state index contributed by atoms with van der Waals surface area (Å²) in [6.07, 6.45) is 5.02. The van der Waals surface area contributed by atoms with Gasteiger partial charge in [0.05, 0.1) is 11.5 Å². The highest BCUT2D eigenvalue weighted by Gasteiger charge is 2.27. The molecule has 7 nitrogen and oxygen atoms in total. The Bertz CT molecular complexity index is 1180. The minimum atomic E-state index is -0.483. The van der Waals surface area contributed by atoms with Gasteiger partial charge in [-0.05, 0) is 55.0 Å². The number of H-pyrrole nitrogens is 1. The Labute approximate surface area is 179 Å². The molecule has 1 aliphatic rings. The van der Waals surface area contributed by atoms with E-state index in [1.54, 1.807) is 4.90 Å². The van der Waals surface area contributed by atoms with Crippen LogP contribution < -0.4 is 5.56 Å². The largest absolute Gasteiger partial charge is 0.331 e. The zero-order valence-electron chi connectivity index (χ0n) is 17.5. The Kier molecular flexibility index (Phi) is 5.84. The van der Waals surface area contributed by atoms with Crippen molar-refractivity contribution in [1.82, 2.24) is 9.88 Å². The van der Waals surface area contributed by atoms with Gasteiger partial charge in [-0.2, -0.15) is 0 Å². The van der Waals surface area contributed by atoms with Crippen LogP contribution in [0.1, 0.15) is 53.6 Å². The van der Waals surface area contributed by atoms with E-state index in [2.05, 4.69) is 4.98 Å². The highest BCUT2D eigenvalue weighted by atomic mass is 16.6. The number of pyridine rings is 1. The zero-order valence-corrected chi connectivity index (χ0v) is 17.5. The van der Waals surface area contributed by atoms with E-state index >= 15 is 0 Å². The first-order valence-corrected chi connectivity index (χ1v) is 10.6. The molecule has 0 aliphatic heterocycles. The summed E-state index contributed by atoms with van der Waals surface area (Å²) in [6.45, 7) is 2.18. The summed E-state index contributed by atoms with van der Waals surface area (Å²) in [6, 6.07) is 13.5. The average molecular weight is 419 g/mol. The van der Waals surface area contributed by atoms with Crippen LogP contribution in [0, 0.1) is 17.0 Å². The van der Waals surface area contributed by atoms with Crippen LogP contribution in [0.3, 0.4) is 0 Å². The van der Waals surface area contributed by atoms with Crippen molar-refractivity contribution in [3.05, 3.63) is 85.7 Å². The predicted molar refractivity (Wildman–Crippen MR) is 119 cm³/mol. The normalized spacial score (nSPS) is 14.5. The molecule has 1 aliphatic carbocycles. The lowest BCUT2D eigenvalue weighted by Crippen LogP contribution is -2.42. The molecule has 160 valence electrons. The van der Waals surface area contributed by atoms with Crippen molar-refractivity contribution < 1.29 is 9.72 Å². The fourth-order valence-corrected chi connectivity index (χ4v) is 4.31. The maximum Gasteiger partial charge on any atom is 0.269 e. The van der Waals surface area contributed by atoms with Crippen LogP contribution in [0.4, 0.5) is 5.69 Å². The van der Waals surface area contributed by atoms with Gasteiger partial charge in [-0.3, -0.25) is 19.7 Å². The van der Waals surface area contributed by atoms with Crippen molar-refractivity contribution >= 4 is 22.5 Å². The lowest BCUT2D eigenvalue weighted by Gasteiger charge is -2.34. The number of fused-ring (bicyclic) bond motifs is 1. The third kappa shape index (κ3) is 4.50. The van der Waals surface area contributed by atoms with Gasteiger partial charge >= 0.3 is 0 Å². The molecule has 2 aromatic carbocycles. The van der Waals surface area contributed by atoms with Gasteiger partial charge in [-0.25, -0.2) is 0 Å². The maximum atomic E-state index is 13.4. The van der Waals surface area contributed by atoms with E-state index in [4.69, 9.17) is 0 Å². The molecule has 1 N–H and O–H groups in total. The summed E-state index contributed by atoms with van der Waals surface area (Å²) < 4.78 is 0. The van der Waals surface area contributed by atoms with Gasteiger partial charge in [0.25, 0.3) is 17.2 Å². The minimum absolute atomic E-state index is 0.0459. The standard InChI is InChI=1S/C24H25N3O4/c1-16-7-8-18-14-19(23(28)25-22(18)13-16)15-26(20-5-3-2-4-6-20)24(29)17-9-11-21(12-10-17)27(30)31/h7-14,20H,2-6,15H2,1H3,(H,25,28). The second-order valence-electron chi connectivity index (χ2n) is 8.24. The number of rotatable bonds is 5. The summed E-state index contributed by atoms with van der Waals surface area (Å²) in [5, 5.41) is 11.9. The smallest absolute Gasteiger partial charge is 0.269 e. The van der Waals surface area contributed by atoms with Crippen LogP contribution in [0.2, 0.25) is 0 Å². The molecule has 1 amide bonds. The molecule has 1 heterocycles. The van der Waals surface area contributed by atoms with Crippen molar-refractivity contribution in [2.24, 2.45) is 0 Å². The van der Waals surface area contributed by atoms with Gasteiger partial charge in [0.15, 0.2) is 0 Å². The quantitative estimate of drug-likeness (QED) is 0.478. The number of benzene rings is 2. The summed E-state index contributed by atoms with van der Waals surface area (Å²) >= 11 is 0. The topological polar surface area (TPSA) is 96.3 Å². The first kappa shape index (κ1) is 20.8. The molecule has 31 heavy (non-hydrogen) atoms. The van der Waals surface area contributed by atoms with Gasteiger partial charge in [-0.1, -0.05) is 31.4 Å². The van der Waals surface area contributed by atoms with Gasteiger partial charge in [-0.15, -0.1) is 0 Å². The third-order valence-electron chi connectivity index (χ3n) is 6.02. The zero-order chi connectivity index (χ0) is 22.0. The minimum Gasteiger partial charge on any atom is -0.331 e. The Morgan fingerprint density at radius 1 is 1.10 bits per heavy atom. The Balaban J connectivity index is 1.68. The average Bonchev–Trinajstić information content (AvgIpc) is 2.78. The Morgan fingerprint density at radius 3 is 2.48 bits per heavy atom. The van der Waals surface area contributed by atoms with Crippen LogP contribution in [0.15, 0.2) is 53.3 Å². The van der Waals surface area contributed by atoms with Crippen LogP contribution in [-0.2, 0) is 6.54 Å². The molecule has 1 fully saturated rings. The number of carbonyl (C=O) groups excluding carboxylic acids is 1. The molecule has 0 spiro atoms. The van der Waals surface area contributed by atoms with E-state index < -0.39 is 4.92 Å². The van der Waals surface area contributed by atoms with Crippen molar-refractivity contribution in [3.8, 4) is 0 Å². The van der Waals surface area contributed by atoms with Gasteiger partial charge in [0.1, 0.15) is 0 Å². The molecular formula is C24H25N3O4. The fourth-order valence-electron chi connectivity index (χ4n) is 4.31. The van der Waals surface area contributed by atoms with E-state index in [0.29, 0.717) is 11.1 Å². The number of aromatic nitrogens is 1. The monoisotopic (exact) mass is 419 g/mol. The molecule has 0 unspecified atom stereocenters. The molecule has 1 aromatic heterocycles. The number of nitrogens with zero attached hydrogens (tertiary/aromatic N) is 2. The lowest BCUT2D eigenvalue weighted by atomic mass is 9.93. The second-order valence-corrected chi connectivity index (χ2v) is 8.24. The highest BCUT2D eigenvalue weighted by Crippen LogP contribution is 2.26. The second kappa shape index (κ2) is 8.71.